The second kappa shape index (κ2) is 6.74. The first-order chi connectivity index (χ1) is 13.0. The van der Waals surface area contributed by atoms with Crippen LogP contribution in [-0.2, 0) is 11.8 Å². The van der Waals surface area contributed by atoms with Crippen molar-refractivity contribution in [1.29, 1.82) is 0 Å². The summed E-state index contributed by atoms with van der Waals surface area (Å²) in [6, 6.07) is 15.2. The monoisotopic (exact) mass is 383 g/mol. The molecule has 4 rings (SSSR count). The zero-order chi connectivity index (χ0) is 19.1. The number of para-hydroxylation sites is 1. The lowest BCUT2D eigenvalue weighted by Gasteiger charge is -2.23. The smallest absolute Gasteiger partial charge is 0.277 e. The van der Waals surface area contributed by atoms with Gasteiger partial charge < -0.3 is 0 Å². The minimum absolute atomic E-state index is 0.0921. The summed E-state index contributed by atoms with van der Waals surface area (Å²) in [6.45, 7) is 1.88. The lowest BCUT2D eigenvalue weighted by Crippen LogP contribution is -2.31. The minimum atomic E-state index is -0.438. The van der Waals surface area contributed by atoms with Crippen molar-refractivity contribution in [3.63, 3.8) is 0 Å². The quantitative estimate of drug-likeness (QED) is 0.696. The SMILES string of the molecule is Cc1c(C2SCC(=O)N2c2ccc(F)cc2)c(=O)n(-c2ccccc2)n1C. The van der Waals surface area contributed by atoms with Crippen LogP contribution >= 0.6 is 11.8 Å². The normalized spacial score (nSPS) is 16.9. The van der Waals surface area contributed by atoms with Gasteiger partial charge in [-0.25, -0.2) is 9.07 Å². The molecule has 0 spiro atoms. The molecule has 0 N–H and O–H groups in total. The van der Waals surface area contributed by atoms with Crippen molar-refractivity contribution in [2.24, 2.45) is 7.05 Å². The fraction of sp³-hybridized carbons (Fsp3) is 0.200. The maximum atomic E-state index is 13.3. The minimum Gasteiger partial charge on any atom is -0.295 e. The van der Waals surface area contributed by atoms with Crippen LogP contribution in [0.1, 0.15) is 16.6 Å². The molecule has 3 aromatic rings. The number of halogens is 1. The number of anilines is 1. The van der Waals surface area contributed by atoms with Crippen LogP contribution < -0.4 is 10.5 Å². The van der Waals surface area contributed by atoms with Crippen molar-refractivity contribution in [2.45, 2.75) is 12.3 Å². The fourth-order valence-corrected chi connectivity index (χ4v) is 4.66. The molecule has 2 aromatic carbocycles. The van der Waals surface area contributed by atoms with Crippen molar-refractivity contribution in [3.05, 3.63) is 82.0 Å². The summed E-state index contributed by atoms with van der Waals surface area (Å²) in [5, 5.41) is -0.438. The summed E-state index contributed by atoms with van der Waals surface area (Å²) in [4.78, 5) is 27.4. The standard InChI is InChI=1S/C20H18FN3O2S/c1-13-18(19(26)24(22(13)2)16-6-4-3-5-7-16)20-23(17(25)12-27-20)15-10-8-14(21)9-11-15/h3-11,20H,12H2,1-2H3. The Morgan fingerprint density at radius 2 is 1.67 bits per heavy atom. The molecule has 1 aromatic heterocycles. The van der Waals surface area contributed by atoms with Crippen LogP contribution in [0.3, 0.4) is 0 Å². The maximum absolute atomic E-state index is 13.3. The second-order valence-corrected chi connectivity index (χ2v) is 7.45. The van der Waals surface area contributed by atoms with E-state index in [2.05, 4.69) is 0 Å². The fourth-order valence-electron chi connectivity index (χ4n) is 3.39. The van der Waals surface area contributed by atoms with Gasteiger partial charge in [0.25, 0.3) is 5.56 Å². The van der Waals surface area contributed by atoms with Crippen LogP contribution in [0.25, 0.3) is 5.69 Å². The molecule has 1 atom stereocenters. The van der Waals surface area contributed by atoms with Gasteiger partial charge in [-0.2, -0.15) is 0 Å². The summed E-state index contributed by atoms with van der Waals surface area (Å²) in [5.41, 5.74) is 2.57. The van der Waals surface area contributed by atoms with Gasteiger partial charge in [0.05, 0.1) is 17.0 Å². The average Bonchev–Trinajstić information content (AvgIpc) is 3.14. The molecule has 2 heterocycles. The number of carbonyl (C=O) groups is 1. The molecule has 1 saturated heterocycles. The highest BCUT2D eigenvalue weighted by Gasteiger charge is 2.38. The van der Waals surface area contributed by atoms with E-state index in [1.54, 1.807) is 26.4 Å². The molecule has 1 fully saturated rings. The highest BCUT2D eigenvalue weighted by atomic mass is 32.2. The Labute approximate surface area is 160 Å². The van der Waals surface area contributed by atoms with E-state index in [1.165, 1.54) is 23.9 Å². The van der Waals surface area contributed by atoms with Gasteiger partial charge in [0.15, 0.2) is 0 Å². The van der Waals surface area contributed by atoms with Crippen LogP contribution in [-0.4, -0.2) is 21.0 Å². The van der Waals surface area contributed by atoms with Crippen LogP contribution in [0, 0.1) is 12.7 Å². The number of rotatable bonds is 3. The van der Waals surface area contributed by atoms with E-state index < -0.39 is 5.37 Å². The molecular formula is C20H18FN3O2S. The summed E-state index contributed by atoms with van der Waals surface area (Å²) < 4.78 is 16.7. The molecule has 0 aliphatic carbocycles. The molecule has 0 bridgehead atoms. The molecule has 1 aliphatic rings. The predicted octanol–water partition coefficient (Wildman–Crippen LogP) is 3.40. The lowest BCUT2D eigenvalue weighted by molar-refractivity contribution is -0.115. The number of nitrogens with zero attached hydrogens (tertiary/aromatic N) is 3. The second-order valence-electron chi connectivity index (χ2n) is 6.38. The van der Waals surface area contributed by atoms with Gasteiger partial charge >= 0.3 is 0 Å². The van der Waals surface area contributed by atoms with Crippen molar-refractivity contribution in [1.82, 2.24) is 9.36 Å². The Balaban J connectivity index is 1.84. The van der Waals surface area contributed by atoms with Crippen LogP contribution in [0.5, 0.6) is 0 Å². The first-order valence-electron chi connectivity index (χ1n) is 8.52. The van der Waals surface area contributed by atoms with E-state index in [0.717, 1.165) is 11.4 Å². The van der Waals surface area contributed by atoms with Crippen molar-refractivity contribution >= 4 is 23.4 Å². The van der Waals surface area contributed by atoms with E-state index in [1.807, 2.05) is 44.3 Å². The molecule has 5 nitrogen and oxygen atoms in total. The number of hydrogen-bond donors (Lipinski definition) is 0. The van der Waals surface area contributed by atoms with E-state index in [4.69, 9.17) is 0 Å². The number of thioether (sulfide) groups is 1. The Morgan fingerprint density at radius 1 is 1.00 bits per heavy atom. The Hall–Kier alpha value is -2.80. The largest absolute Gasteiger partial charge is 0.295 e. The number of amides is 1. The van der Waals surface area contributed by atoms with E-state index in [9.17, 15) is 14.0 Å². The highest BCUT2D eigenvalue weighted by molar-refractivity contribution is 8.00. The molecule has 1 unspecified atom stereocenters. The summed E-state index contributed by atoms with van der Waals surface area (Å²) in [5.74, 6) is -0.177. The topological polar surface area (TPSA) is 47.2 Å². The molecule has 138 valence electrons. The van der Waals surface area contributed by atoms with Gasteiger partial charge in [0, 0.05) is 18.4 Å². The van der Waals surface area contributed by atoms with Gasteiger partial charge in [-0.1, -0.05) is 18.2 Å². The maximum Gasteiger partial charge on any atom is 0.277 e. The predicted molar refractivity (Wildman–Crippen MR) is 105 cm³/mol. The van der Waals surface area contributed by atoms with Gasteiger partial charge in [0.2, 0.25) is 5.91 Å². The summed E-state index contributed by atoms with van der Waals surface area (Å²) in [6.07, 6.45) is 0. The summed E-state index contributed by atoms with van der Waals surface area (Å²) in [7, 11) is 1.83. The van der Waals surface area contributed by atoms with Crippen LogP contribution in [0.15, 0.2) is 59.4 Å². The van der Waals surface area contributed by atoms with Crippen molar-refractivity contribution < 1.29 is 9.18 Å². The Morgan fingerprint density at radius 3 is 2.33 bits per heavy atom. The number of benzene rings is 2. The van der Waals surface area contributed by atoms with Crippen molar-refractivity contribution in [3.8, 4) is 5.69 Å². The first-order valence-corrected chi connectivity index (χ1v) is 9.57. The third-order valence-corrected chi connectivity index (χ3v) is 5.99. The summed E-state index contributed by atoms with van der Waals surface area (Å²) >= 11 is 1.41. The molecule has 0 saturated carbocycles. The molecule has 27 heavy (non-hydrogen) atoms. The molecule has 1 amide bonds. The number of aromatic nitrogens is 2. The van der Waals surface area contributed by atoms with Gasteiger partial charge in [-0.3, -0.25) is 19.2 Å². The zero-order valence-electron chi connectivity index (χ0n) is 14.9. The lowest BCUT2D eigenvalue weighted by atomic mass is 10.2. The molecule has 0 radical (unpaired) electrons. The van der Waals surface area contributed by atoms with Crippen LogP contribution in [0.2, 0.25) is 0 Å². The molecule has 7 heteroatoms. The van der Waals surface area contributed by atoms with E-state index >= 15 is 0 Å². The van der Waals surface area contributed by atoms with E-state index in [-0.39, 0.29) is 23.0 Å². The molecule has 1 aliphatic heterocycles. The first kappa shape index (κ1) is 17.6. The Bertz CT molecular complexity index is 1060. The van der Waals surface area contributed by atoms with Crippen LogP contribution in [0.4, 0.5) is 10.1 Å². The Kier molecular flexibility index (Phi) is 4.39. The molecular weight excluding hydrogens is 365 g/mol. The van der Waals surface area contributed by atoms with Gasteiger partial charge in [-0.05, 0) is 43.3 Å². The highest BCUT2D eigenvalue weighted by Crippen LogP contribution is 2.41. The number of hydrogen-bond acceptors (Lipinski definition) is 3. The zero-order valence-corrected chi connectivity index (χ0v) is 15.7. The third kappa shape index (κ3) is 2.88. The average molecular weight is 383 g/mol. The van der Waals surface area contributed by atoms with Crippen molar-refractivity contribution in [2.75, 3.05) is 10.7 Å². The van der Waals surface area contributed by atoms with Gasteiger partial charge in [-0.15, -0.1) is 11.8 Å². The third-order valence-electron chi connectivity index (χ3n) is 4.82. The number of carbonyl (C=O) groups excluding carboxylic acids is 1. The van der Waals surface area contributed by atoms with E-state index in [0.29, 0.717) is 11.3 Å². The van der Waals surface area contributed by atoms with Gasteiger partial charge in [0.1, 0.15) is 11.2 Å².